The van der Waals surface area contributed by atoms with Crippen LogP contribution in [0.25, 0.3) is 0 Å². The number of amides is 2. The molecule has 0 saturated carbocycles. The summed E-state index contributed by atoms with van der Waals surface area (Å²) in [6, 6.07) is 9.17. The van der Waals surface area contributed by atoms with Crippen molar-refractivity contribution >= 4 is 17.5 Å². The van der Waals surface area contributed by atoms with Gasteiger partial charge in [0.2, 0.25) is 11.8 Å². The highest BCUT2D eigenvalue weighted by Gasteiger charge is 2.38. The number of hydrogen-bond donors (Lipinski definition) is 0. The molecule has 0 spiro atoms. The van der Waals surface area contributed by atoms with Crippen LogP contribution in [0.4, 0.5) is 5.69 Å². The molecular weight excluding hydrogens is 214 g/mol. The molecule has 2 amide bonds. The number of benzene rings is 1. The predicted octanol–water partition coefficient (Wildman–Crippen LogP) is 2.76. The van der Waals surface area contributed by atoms with Crippen LogP contribution in [0.2, 0.25) is 0 Å². The molecule has 1 aliphatic rings. The van der Waals surface area contributed by atoms with E-state index in [1.807, 2.05) is 18.2 Å². The van der Waals surface area contributed by atoms with Crippen LogP contribution >= 0.6 is 0 Å². The van der Waals surface area contributed by atoms with Crippen molar-refractivity contribution in [3.05, 3.63) is 30.3 Å². The number of anilines is 1. The van der Waals surface area contributed by atoms with Crippen LogP contribution in [0.15, 0.2) is 30.3 Å². The van der Waals surface area contributed by atoms with Crippen LogP contribution < -0.4 is 4.90 Å². The van der Waals surface area contributed by atoms with Gasteiger partial charge in [0.15, 0.2) is 0 Å². The number of unbranched alkanes of at least 4 members (excludes halogenated alkanes) is 1. The number of hydrogen-bond acceptors (Lipinski definition) is 2. The topological polar surface area (TPSA) is 37.4 Å². The normalized spacial score (nSPS) is 20.1. The molecule has 1 aromatic carbocycles. The van der Waals surface area contributed by atoms with E-state index in [1.54, 1.807) is 12.1 Å². The smallest absolute Gasteiger partial charge is 0.237 e. The van der Waals surface area contributed by atoms with Crippen molar-refractivity contribution < 1.29 is 9.59 Å². The van der Waals surface area contributed by atoms with Gasteiger partial charge in [-0.2, -0.15) is 0 Å². The van der Waals surface area contributed by atoms with Crippen molar-refractivity contribution in [2.75, 3.05) is 4.90 Å². The standard InChI is InChI=1S/C14H17NO2/c1-2-3-7-11-10-13(16)15(14(11)17)12-8-5-4-6-9-12/h4-6,8-9,11H,2-3,7,10H2,1H3. The van der Waals surface area contributed by atoms with Crippen LogP contribution in [0.1, 0.15) is 32.6 Å². The zero-order valence-corrected chi connectivity index (χ0v) is 10.1. The molecule has 0 aromatic heterocycles. The van der Waals surface area contributed by atoms with Gasteiger partial charge >= 0.3 is 0 Å². The third-order valence-electron chi connectivity index (χ3n) is 3.16. The van der Waals surface area contributed by atoms with Gasteiger partial charge in [0.25, 0.3) is 0 Å². The van der Waals surface area contributed by atoms with Gasteiger partial charge in [0, 0.05) is 12.3 Å². The summed E-state index contributed by atoms with van der Waals surface area (Å²) in [5.41, 5.74) is 0.696. The van der Waals surface area contributed by atoms with E-state index >= 15 is 0 Å². The first kappa shape index (κ1) is 11.8. The first-order chi connectivity index (χ1) is 8.24. The predicted molar refractivity (Wildman–Crippen MR) is 66.6 cm³/mol. The summed E-state index contributed by atoms with van der Waals surface area (Å²) in [7, 11) is 0. The molecule has 3 nitrogen and oxygen atoms in total. The van der Waals surface area contributed by atoms with E-state index in [1.165, 1.54) is 4.90 Å². The van der Waals surface area contributed by atoms with E-state index in [4.69, 9.17) is 0 Å². The fourth-order valence-corrected chi connectivity index (χ4v) is 2.22. The maximum Gasteiger partial charge on any atom is 0.237 e. The van der Waals surface area contributed by atoms with Gasteiger partial charge in [0.1, 0.15) is 0 Å². The highest BCUT2D eigenvalue weighted by atomic mass is 16.2. The Morgan fingerprint density at radius 3 is 2.59 bits per heavy atom. The molecule has 1 atom stereocenters. The van der Waals surface area contributed by atoms with Gasteiger partial charge in [-0.15, -0.1) is 0 Å². The summed E-state index contributed by atoms with van der Waals surface area (Å²) in [4.78, 5) is 25.3. The molecule has 1 heterocycles. The molecule has 1 saturated heterocycles. The largest absolute Gasteiger partial charge is 0.274 e. The first-order valence-corrected chi connectivity index (χ1v) is 6.16. The van der Waals surface area contributed by atoms with Gasteiger partial charge < -0.3 is 0 Å². The number of rotatable bonds is 4. The summed E-state index contributed by atoms with van der Waals surface area (Å²) < 4.78 is 0. The van der Waals surface area contributed by atoms with E-state index in [0.29, 0.717) is 12.1 Å². The fraction of sp³-hybridized carbons (Fsp3) is 0.429. The summed E-state index contributed by atoms with van der Waals surface area (Å²) in [6.45, 7) is 2.09. The molecule has 1 aliphatic heterocycles. The van der Waals surface area contributed by atoms with Crippen LogP contribution in [0.5, 0.6) is 0 Å². The van der Waals surface area contributed by atoms with Crippen molar-refractivity contribution in [1.82, 2.24) is 0 Å². The third-order valence-corrected chi connectivity index (χ3v) is 3.16. The van der Waals surface area contributed by atoms with Crippen LogP contribution in [0.3, 0.4) is 0 Å². The Bertz CT molecular complexity index is 413. The molecule has 1 fully saturated rings. The fourth-order valence-electron chi connectivity index (χ4n) is 2.22. The SMILES string of the molecule is CCCCC1CC(=O)N(c2ccccc2)C1=O. The van der Waals surface area contributed by atoms with Gasteiger partial charge in [-0.3, -0.25) is 14.5 Å². The number of carbonyl (C=O) groups excluding carboxylic acids is 2. The Hall–Kier alpha value is -1.64. The lowest BCUT2D eigenvalue weighted by Gasteiger charge is -2.14. The number of nitrogens with zero attached hydrogens (tertiary/aromatic N) is 1. The van der Waals surface area contributed by atoms with Gasteiger partial charge in [-0.25, -0.2) is 0 Å². The summed E-state index contributed by atoms with van der Waals surface area (Å²) in [6.07, 6.45) is 3.26. The van der Waals surface area contributed by atoms with Crippen molar-refractivity contribution in [2.45, 2.75) is 32.6 Å². The number of carbonyl (C=O) groups is 2. The minimum Gasteiger partial charge on any atom is -0.274 e. The van der Waals surface area contributed by atoms with Crippen LogP contribution in [0, 0.1) is 5.92 Å². The number of para-hydroxylation sites is 1. The quantitative estimate of drug-likeness (QED) is 0.747. The second kappa shape index (κ2) is 5.13. The van der Waals surface area contributed by atoms with Crippen LogP contribution in [-0.2, 0) is 9.59 Å². The van der Waals surface area contributed by atoms with Gasteiger partial charge in [-0.05, 0) is 18.6 Å². The second-order valence-corrected chi connectivity index (χ2v) is 4.45. The molecule has 17 heavy (non-hydrogen) atoms. The number of imide groups is 1. The summed E-state index contributed by atoms with van der Waals surface area (Å²) in [5.74, 6) is -0.209. The minimum atomic E-state index is -0.109. The second-order valence-electron chi connectivity index (χ2n) is 4.45. The van der Waals surface area contributed by atoms with E-state index in [-0.39, 0.29) is 17.7 Å². The molecule has 2 rings (SSSR count). The van der Waals surface area contributed by atoms with Gasteiger partial charge in [0.05, 0.1) is 5.69 Å². The zero-order valence-electron chi connectivity index (χ0n) is 10.1. The van der Waals surface area contributed by atoms with E-state index in [0.717, 1.165) is 19.3 Å². The Morgan fingerprint density at radius 2 is 1.94 bits per heavy atom. The van der Waals surface area contributed by atoms with Crippen molar-refractivity contribution in [1.29, 1.82) is 0 Å². The third kappa shape index (κ3) is 2.38. The average Bonchev–Trinajstić information content (AvgIpc) is 2.63. The Morgan fingerprint density at radius 1 is 1.24 bits per heavy atom. The Balaban J connectivity index is 2.15. The highest BCUT2D eigenvalue weighted by molar-refractivity contribution is 6.20. The maximum absolute atomic E-state index is 12.1. The van der Waals surface area contributed by atoms with Crippen molar-refractivity contribution in [3.8, 4) is 0 Å². The lowest BCUT2D eigenvalue weighted by Crippen LogP contribution is -2.30. The van der Waals surface area contributed by atoms with E-state index < -0.39 is 0 Å². The van der Waals surface area contributed by atoms with Crippen molar-refractivity contribution in [3.63, 3.8) is 0 Å². The van der Waals surface area contributed by atoms with Gasteiger partial charge in [-0.1, -0.05) is 38.0 Å². The molecule has 1 aromatic rings. The molecule has 0 N–H and O–H groups in total. The molecule has 90 valence electrons. The minimum absolute atomic E-state index is 0.0327. The molecule has 0 bridgehead atoms. The monoisotopic (exact) mass is 231 g/mol. The Kier molecular flexibility index (Phi) is 3.57. The zero-order chi connectivity index (χ0) is 12.3. The van der Waals surface area contributed by atoms with E-state index in [2.05, 4.69) is 6.92 Å². The highest BCUT2D eigenvalue weighted by Crippen LogP contribution is 2.29. The molecule has 3 heteroatoms. The molecular formula is C14H17NO2. The molecule has 0 aliphatic carbocycles. The molecule has 1 unspecified atom stereocenters. The lowest BCUT2D eigenvalue weighted by molar-refractivity contribution is -0.122. The molecule has 0 radical (unpaired) electrons. The first-order valence-electron chi connectivity index (χ1n) is 6.16. The maximum atomic E-state index is 12.1. The summed E-state index contributed by atoms with van der Waals surface area (Å²) in [5, 5.41) is 0. The van der Waals surface area contributed by atoms with Crippen molar-refractivity contribution in [2.24, 2.45) is 5.92 Å². The summed E-state index contributed by atoms with van der Waals surface area (Å²) >= 11 is 0. The average molecular weight is 231 g/mol. The Labute approximate surface area is 101 Å². The lowest BCUT2D eigenvalue weighted by atomic mass is 10.0. The van der Waals surface area contributed by atoms with Crippen LogP contribution in [-0.4, -0.2) is 11.8 Å². The van der Waals surface area contributed by atoms with E-state index in [9.17, 15) is 9.59 Å².